The van der Waals surface area contributed by atoms with Gasteiger partial charge in [0.2, 0.25) is 0 Å². The fraction of sp³-hybridized carbons (Fsp3) is 0.222. The second-order valence-electron chi connectivity index (χ2n) is 2.49. The number of rotatable bonds is 3. The monoisotopic (exact) mass is 180 g/mol. The number of ether oxygens (including phenoxy) is 1. The van der Waals surface area contributed by atoms with Crippen LogP contribution in [0.1, 0.15) is 12.5 Å². The van der Waals surface area contributed by atoms with Crippen LogP contribution in [0, 0.1) is 17.0 Å². The van der Waals surface area contributed by atoms with E-state index < -0.39 is 4.92 Å². The van der Waals surface area contributed by atoms with Gasteiger partial charge in [-0.15, -0.1) is 0 Å². The van der Waals surface area contributed by atoms with E-state index in [1.807, 2.05) is 0 Å². The van der Waals surface area contributed by atoms with E-state index in [9.17, 15) is 10.1 Å². The maximum atomic E-state index is 10.5. The van der Waals surface area contributed by atoms with E-state index in [4.69, 9.17) is 4.74 Å². The van der Waals surface area contributed by atoms with Gasteiger partial charge in [-0.1, -0.05) is 6.07 Å². The number of nitrogens with zero attached hydrogens (tertiary/aromatic N) is 1. The SMILES string of the molecule is [CH2]c1ccc(OCC)c([N+](=O)[O-])c1. The maximum Gasteiger partial charge on any atom is 0.311 e. The zero-order valence-electron chi connectivity index (χ0n) is 7.32. The molecule has 69 valence electrons. The zero-order valence-corrected chi connectivity index (χ0v) is 7.32. The quantitative estimate of drug-likeness (QED) is 0.529. The average Bonchev–Trinajstić information content (AvgIpc) is 2.08. The predicted molar refractivity (Wildman–Crippen MR) is 48.7 cm³/mol. The molecule has 0 bridgehead atoms. The van der Waals surface area contributed by atoms with Gasteiger partial charge in [0, 0.05) is 6.07 Å². The van der Waals surface area contributed by atoms with E-state index in [1.165, 1.54) is 6.07 Å². The summed E-state index contributed by atoms with van der Waals surface area (Å²) in [5.74, 6) is 0.292. The minimum Gasteiger partial charge on any atom is -0.487 e. The molecule has 0 atom stereocenters. The summed E-state index contributed by atoms with van der Waals surface area (Å²) in [5.41, 5.74) is 0.574. The summed E-state index contributed by atoms with van der Waals surface area (Å²) in [6.45, 7) is 5.80. The highest BCUT2D eigenvalue weighted by atomic mass is 16.6. The van der Waals surface area contributed by atoms with Gasteiger partial charge < -0.3 is 4.74 Å². The minimum absolute atomic E-state index is 0.0330. The highest BCUT2D eigenvalue weighted by Crippen LogP contribution is 2.27. The van der Waals surface area contributed by atoms with Gasteiger partial charge in [0.15, 0.2) is 5.75 Å². The fourth-order valence-electron chi connectivity index (χ4n) is 0.983. The molecule has 0 saturated heterocycles. The standard InChI is InChI=1S/C9H10NO3/c1-3-13-9-5-4-7(2)6-8(9)10(11)12/h4-6H,2-3H2,1H3. The molecular formula is C9H10NO3. The first-order valence-electron chi connectivity index (χ1n) is 3.88. The lowest BCUT2D eigenvalue weighted by Gasteiger charge is -2.03. The van der Waals surface area contributed by atoms with E-state index in [-0.39, 0.29) is 5.69 Å². The van der Waals surface area contributed by atoms with Crippen molar-refractivity contribution in [1.82, 2.24) is 0 Å². The van der Waals surface area contributed by atoms with Gasteiger partial charge in [0.05, 0.1) is 11.5 Å². The fourth-order valence-corrected chi connectivity index (χ4v) is 0.983. The molecule has 0 aliphatic carbocycles. The van der Waals surface area contributed by atoms with Crippen LogP contribution in [0.5, 0.6) is 5.75 Å². The van der Waals surface area contributed by atoms with Gasteiger partial charge in [-0.05, 0) is 25.5 Å². The van der Waals surface area contributed by atoms with Crippen LogP contribution in [0.4, 0.5) is 5.69 Å². The lowest BCUT2D eigenvalue weighted by molar-refractivity contribution is -0.385. The summed E-state index contributed by atoms with van der Waals surface area (Å²) in [6, 6.07) is 4.63. The molecule has 0 aromatic heterocycles. The molecule has 0 heterocycles. The van der Waals surface area contributed by atoms with Crippen LogP contribution < -0.4 is 4.74 Å². The molecule has 0 N–H and O–H groups in total. The Morgan fingerprint density at radius 2 is 2.31 bits per heavy atom. The Morgan fingerprint density at radius 1 is 1.62 bits per heavy atom. The molecule has 0 aliphatic rings. The average molecular weight is 180 g/mol. The molecule has 1 aromatic rings. The Kier molecular flexibility index (Phi) is 2.84. The van der Waals surface area contributed by atoms with E-state index in [1.54, 1.807) is 19.1 Å². The number of nitro benzene ring substituents is 1. The first kappa shape index (κ1) is 9.51. The Bertz CT molecular complexity index is 323. The zero-order chi connectivity index (χ0) is 9.84. The molecule has 13 heavy (non-hydrogen) atoms. The second kappa shape index (κ2) is 3.89. The van der Waals surface area contributed by atoms with Gasteiger partial charge in [-0.2, -0.15) is 0 Å². The van der Waals surface area contributed by atoms with Crippen LogP contribution in [0.25, 0.3) is 0 Å². The summed E-state index contributed by atoms with van der Waals surface area (Å²) >= 11 is 0. The molecule has 0 unspecified atom stereocenters. The molecule has 0 saturated carbocycles. The molecule has 4 nitrogen and oxygen atoms in total. The van der Waals surface area contributed by atoms with Crippen LogP contribution in [-0.4, -0.2) is 11.5 Å². The normalized spacial score (nSPS) is 9.69. The van der Waals surface area contributed by atoms with Gasteiger partial charge in [0.1, 0.15) is 0 Å². The third-order valence-electron chi connectivity index (χ3n) is 1.52. The molecule has 1 aromatic carbocycles. The molecule has 4 heteroatoms. The van der Waals surface area contributed by atoms with Gasteiger partial charge in [-0.25, -0.2) is 0 Å². The third-order valence-corrected chi connectivity index (χ3v) is 1.52. The van der Waals surface area contributed by atoms with Crippen molar-refractivity contribution < 1.29 is 9.66 Å². The highest BCUT2D eigenvalue weighted by molar-refractivity contribution is 5.49. The number of hydrogen-bond acceptors (Lipinski definition) is 3. The van der Waals surface area contributed by atoms with Gasteiger partial charge in [-0.3, -0.25) is 10.1 Å². The van der Waals surface area contributed by atoms with Crippen molar-refractivity contribution in [2.24, 2.45) is 0 Å². The lowest BCUT2D eigenvalue weighted by Crippen LogP contribution is -1.97. The molecule has 1 radical (unpaired) electrons. The summed E-state index contributed by atoms with van der Waals surface area (Å²) in [4.78, 5) is 10.1. The van der Waals surface area contributed by atoms with Crippen LogP contribution in [0.15, 0.2) is 18.2 Å². The largest absolute Gasteiger partial charge is 0.487 e. The van der Waals surface area contributed by atoms with Crippen molar-refractivity contribution in [2.75, 3.05) is 6.61 Å². The van der Waals surface area contributed by atoms with Crippen LogP contribution >= 0.6 is 0 Å². The third kappa shape index (κ3) is 2.18. The van der Waals surface area contributed by atoms with Crippen molar-refractivity contribution in [3.63, 3.8) is 0 Å². The van der Waals surface area contributed by atoms with Crippen LogP contribution in [0.3, 0.4) is 0 Å². The highest BCUT2D eigenvalue weighted by Gasteiger charge is 2.13. The Morgan fingerprint density at radius 3 is 2.85 bits per heavy atom. The lowest BCUT2D eigenvalue weighted by atomic mass is 10.2. The summed E-state index contributed by atoms with van der Waals surface area (Å²) < 4.78 is 5.08. The van der Waals surface area contributed by atoms with Gasteiger partial charge >= 0.3 is 5.69 Å². The van der Waals surface area contributed by atoms with Crippen molar-refractivity contribution in [2.45, 2.75) is 6.92 Å². The van der Waals surface area contributed by atoms with Crippen molar-refractivity contribution in [1.29, 1.82) is 0 Å². The van der Waals surface area contributed by atoms with E-state index >= 15 is 0 Å². The smallest absolute Gasteiger partial charge is 0.311 e. The van der Waals surface area contributed by atoms with Crippen LogP contribution in [-0.2, 0) is 0 Å². The molecule has 0 spiro atoms. The van der Waals surface area contributed by atoms with Crippen molar-refractivity contribution >= 4 is 5.69 Å². The number of benzene rings is 1. The second-order valence-corrected chi connectivity index (χ2v) is 2.49. The van der Waals surface area contributed by atoms with Crippen LogP contribution in [0.2, 0.25) is 0 Å². The Balaban J connectivity index is 3.10. The molecule has 0 aliphatic heterocycles. The van der Waals surface area contributed by atoms with Crippen molar-refractivity contribution in [3.8, 4) is 5.75 Å². The first-order valence-corrected chi connectivity index (χ1v) is 3.88. The summed E-state index contributed by atoms with van der Waals surface area (Å²) in [6.07, 6.45) is 0. The molecule has 0 amide bonds. The topological polar surface area (TPSA) is 52.4 Å². The Hall–Kier alpha value is -1.58. The first-order chi connectivity index (χ1) is 6.15. The Labute approximate surface area is 76.3 Å². The molecule has 0 fully saturated rings. The number of hydrogen-bond donors (Lipinski definition) is 0. The van der Waals surface area contributed by atoms with Crippen molar-refractivity contribution in [3.05, 3.63) is 40.8 Å². The van der Waals surface area contributed by atoms with Gasteiger partial charge in [0.25, 0.3) is 0 Å². The molecule has 1 rings (SSSR count). The summed E-state index contributed by atoms with van der Waals surface area (Å²) in [5, 5.41) is 10.5. The summed E-state index contributed by atoms with van der Waals surface area (Å²) in [7, 11) is 0. The van der Waals surface area contributed by atoms with E-state index in [0.29, 0.717) is 17.9 Å². The predicted octanol–water partition coefficient (Wildman–Crippen LogP) is 2.18. The minimum atomic E-state index is -0.473. The van der Waals surface area contributed by atoms with E-state index in [2.05, 4.69) is 6.92 Å². The maximum absolute atomic E-state index is 10.5. The van der Waals surface area contributed by atoms with E-state index in [0.717, 1.165) is 0 Å². The number of nitro groups is 1. The molecular weight excluding hydrogens is 170 g/mol.